The van der Waals surface area contributed by atoms with Gasteiger partial charge in [-0.3, -0.25) is 14.9 Å². The standard InChI is InChI=1S/C11H4F3NO4/c12-6-4-8(14)7(13)3-5(6)11(16)9-1-2-10(19-9)15(17)18/h1-4H. The van der Waals surface area contributed by atoms with Gasteiger partial charge < -0.3 is 4.42 Å². The van der Waals surface area contributed by atoms with Gasteiger partial charge in [0.2, 0.25) is 5.78 Å². The maximum absolute atomic E-state index is 13.3. The maximum atomic E-state index is 13.3. The summed E-state index contributed by atoms with van der Waals surface area (Å²) in [7, 11) is 0. The second kappa shape index (κ2) is 4.56. The van der Waals surface area contributed by atoms with E-state index >= 15 is 0 Å². The molecule has 1 aromatic heterocycles. The number of ketones is 1. The van der Waals surface area contributed by atoms with Crippen LogP contribution >= 0.6 is 0 Å². The number of hydrogen-bond donors (Lipinski definition) is 0. The zero-order valence-corrected chi connectivity index (χ0v) is 9.02. The highest BCUT2D eigenvalue weighted by Gasteiger charge is 2.22. The van der Waals surface area contributed by atoms with Gasteiger partial charge in [0.05, 0.1) is 11.6 Å². The number of halogens is 3. The summed E-state index contributed by atoms with van der Waals surface area (Å²) in [6.45, 7) is 0. The third-order valence-corrected chi connectivity index (χ3v) is 2.25. The normalized spacial score (nSPS) is 10.5. The van der Waals surface area contributed by atoms with E-state index in [1.54, 1.807) is 0 Å². The molecule has 0 spiro atoms. The van der Waals surface area contributed by atoms with E-state index in [4.69, 9.17) is 0 Å². The first-order valence-corrected chi connectivity index (χ1v) is 4.83. The summed E-state index contributed by atoms with van der Waals surface area (Å²) in [5.74, 6) is -6.53. The van der Waals surface area contributed by atoms with Crippen LogP contribution in [0.25, 0.3) is 0 Å². The van der Waals surface area contributed by atoms with Crippen LogP contribution in [0.3, 0.4) is 0 Å². The van der Waals surface area contributed by atoms with Crippen molar-refractivity contribution in [1.29, 1.82) is 0 Å². The van der Waals surface area contributed by atoms with Gasteiger partial charge in [-0.15, -0.1) is 0 Å². The number of rotatable bonds is 3. The van der Waals surface area contributed by atoms with Crippen molar-refractivity contribution in [2.24, 2.45) is 0 Å². The van der Waals surface area contributed by atoms with Gasteiger partial charge in [-0.25, -0.2) is 13.2 Å². The summed E-state index contributed by atoms with van der Waals surface area (Å²) in [5, 5.41) is 10.4. The number of carbonyl (C=O) groups is 1. The van der Waals surface area contributed by atoms with Gasteiger partial charge in [0, 0.05) is 6.07 Å². The van der Waals surface area contributed by atoms with Gasteiger partial charge in [-0.2, -0.15) is 0 Å². The lowest BCUT2D eigenvalue weighted by molar-refractivity contribution is -0.402. The number of carbonyl (C=O) groups excluding carboxylic acids is 1. The molecule has 0 amide bonds. The van der Waals surface area contributed by atoms with Crippen LogP contribution in [-0.4, -0.2) is 10.7 Å². The van der Waals surface area contributed by atoms with E-state index in [9.17, 15) is 28.1 Å². The summed E-state index contributed by atoms with van der Waals surface area (Å²) in [4.78, 5) is 21.2. The fourth-order valence-electron chi connectivity index (χ4n) is 1.38. The third-order valence-electron chi connectivity index (χ3n) is 2.25. The second-order valence-corrected chi connectivity index (χ2v) is 3.47. The van der Waals surface area contributed by atoms with Crippen LogP contribution in [0.5, 0.6) is 0 Å². The van der Waals surface area contributed by atoms with Crippen LogP contribution in [0.1, 0.15) is 16.1 Å². The highest BCUT2D eigenvalue weighted by molar-refractivity contribution is 6.07. The van der Waals surface area contributed by atoms with Crippen molar-refractivity contribution in [2.75, 3.05) is 0 Å². The maximum Gasteiger partial charge on any atom is 0.433 e. The molecule has 8 heteroatoms. The first kappa shape index (κ1) is 12.8. The quantitative estimate of drug-likeness (QED) is 0.372. The van der Waals surface area contributed by atoms with Gasteiger partial charge in [0.1, 0.15) is 10.7 Å². The zero-order valence-electron chi connectivity index (χ0n) is 9.02. The molecule has 2 aromatic rings. The second-order valence-electron chi connectivity index (χ2n) is 3.47. The Kier molecular flexibility index (Phi) is 3.07. The molecule has 1 heterocycles. The molecule has 0 fully saturated rings. The van der Waals surface area contributed by atoms with Crippen LogP contribution in [0.4, 0.5) is 19.1 Å². The predicted octanol–water partition coefficient (Wildman–Crippen LogP) is 2.84. The SMILES string of the molecule is O=C(c1ccc([N+](=O)[O-])o1)c1cc(F)c(F)cc1F. The lowest BCUT2D eigenvalue weighted by Crippen LogP contribution is -2.05. The molecule has 0 aliphatic rings. The number of nitrogens with zero attached hydrogens (tertiary/aromatic N) is 1. The van der Waals surface area contributed by atoms with Gasteiger partial charge in [0.25, 0.3) is 0 Å². The van der Waals surface area contributed by atoms with Crippen LogP contribution in [0.15, 0.2) is 28.7 Å². The van der Waals surface area contributed by atoms with E-state index in [2.05, 4.69) is 4.42 Å². The van der Waals surface area contributed by atoms with Crippen LogP contribution in [0.2, 0.25) is 0 Å². The van der Waals surface area contributed by atoms with Crippen molar-refractivity contribution in [3.63, 3.8) is 0 Å². The van der Waals surface area contributed by atoms with E-state index < -0.39 is 45.4 Å². The highest BCUT2D eigenvalue weighted by Crippen LogP contribution is 2.21. The molecule has 0 radical (unpaired) electrons. The molecular formula is C11H4F3NO4. The fourth-order valence-corrected chi connectivity index (χ4v) is 1.38. The number of furan rings is 1. The first-order chi connectivity index (χ1) is 8.90. The van der Waals surface area contributed by atoms with Crippen molar-refractivity contribution in [3.8, 4) is 0 Å². The van der Waals surface area contributed by atoms with Crippen molar-refractivity contribution in [1.82, 2.24) is 0 Å². The average Bonchev–Trinajstić information content (AvgIpc) is 2.82. The largest absolute Gasteiger partial charge is 0.433 e. The summed E-state index contributed by atoms with van der Waals surface area (Å²) in [5.41, 5.74) is -0.775. The topological polar surface area (TPSA) is 73.3 Å². The highest BCUT2D eigenvalue weighted by atomic mass is 19.2. The Morgan fingerprint density at radius 1 is 1.11 bits per heavy atom. The molecule has 19 heavy (non-hydrogen) atoms. The zero-order chi connectivity index (χ0) is 14.2. The van der Waals surface area contributed by atoms with Crippen LogP contribution in [-0.2, 0) is 0 Å². The van der Waals surface area contributed by atoms with Crippen molar-refractivity contribution >= 4 is 11.7 Å². The Bertz CT molecular complexity index is 681. The Morgan fingerprint density at radius 3 is 2.32 bits per heavy atom. The summed E-state index contributed by atoms with van der Waals surface area (Å²) < 4.78 is 43.5. The molecule has 0 atom stereocenters. The van der Waals surface area contributed by atoms with Crippen molar-refractivity contribution < 1.29 is 27.3 Å². The summed E-state index contributed by atoms with van der Waals surface area (Å²) >= 11 is 0. The van der Waals surface area contributed by atoms with Crippen molar-refractivity contribution in [3.05, 3.63) is 63.2 Å². The smallest absolute Gasteiger partial charge is 0.397 e. The molecule has 0 aliphatic heterocycles. The Hall–Kier alpha value is -2.64. The number of nitro groups is 1. The molecule has 98 valence electrons. The molecule has 2 rings (SSSR count). The minimum Gasteiger partial charge on any atom is -0.397 e. The Labute approximate surface area is 103 Å². The minimum absolute atomic E-state index is 0.208. The van der Waals surface area contributed by atoms with Crippen molar-refractivity contribution in [2.45, 2.75) is 0 Å². The Balaban J connectivity index is 2.43. The van der Waals surface area contributed by atoms with E-state index in [-0.39, 0.29) is 6.07 Å². The molecule has 5 nitrogen and oxygen atoms in total. The van der Waals surface area contributed by atoms with Gasteiger partial charge in [-0.1, -0.05) is 0 Å². The number of benzene rings is 1. The molecular weight excluding hydrogens is 267 g/mol. The first-order valence-electron chi connectivity index (χ1n) is 4.83. The van der Waals surface area contributed by atoms with E-state index in [0.29, 0.717) is 6.07 Å². The monoisotopic (exact) mass is 271 g/mol. The fraction of sp³-hybridized carbons (Fsp3) is 0. The van der Waals surface area contributed by atoms with Gasteiger partial charge >= 0.3 is 5.88 Å². The number of hydrogen-bond acceptors (Lipinski definition) is 4. The summed E-state index contributed by atoms with van der Waals surface area (Å²) in [6, 6.07) is 2.41. The third kappa shape index (κ3) is 2.32. The molecule has 0 N–H and O–H groups in total. The van der Waals surface area contributed by atoms with E-state index in [0.717, 1.165) is 12.1 Å². The molecule has 0 unspecified atom stereocenters. The van der Waals surface area contributed by atoms with Crippen LogP contribution < -0.4 is 0 Å². The lowest BCUT2D eigenvalue weighted by Gasteiger charge is -2.01. The Morgan fingerprint density at radius 2 is 1.74 bits per heavy atom. The average molecular weight is 271 g/mol. The van der Waals surface area contributed by atoms with Gasteiger partial charge in [-0.05, 0) is 12.1 Å². The molecule has 0 saturated carbocycles. The summed E-state index contributed by atoms with van der Waals surface area (Å²) in [6.07, 6.45) is 0. The molecule has 1 aromatic carbocycles. The van der Waals surface area contributed by atoms with E-state index in [1.807, 2.05) is 0 Å². The molecule has 0 saturated heterocycles. The molecule has 0 bridgehead atoms. The lowest BCUT2D eigenvalue weighted by atomic mass is 10.1. The molecule has 0 aliphatic carbocycles. The van der Waals surface area contributed by atoms with Crippen LogP contribution in [0, 0.1) is 27.6 Å². The van der Waals surface area contributed by atoms with Gasteiger partial charge in [0.15, 0.2) is 17.4 Å². The van der Waals surface area contributed by atoms with E-state index in [1.165, 1.54) is 0 Å². The minimum atomic E-state index is -1.44. The predicted molar refractivity (Wildman–Crippen MR) is 55.1 cm³/mol.